The quantitative estimate of drug-likeness (QED) is 0.533. The molecule has 0 saturated heterocycles. The molecule has 1 rings (SSSR count). The molecule has 0 fully saturated rings. The number of carbonyl (C=O) groups is 1. The summed E-state index contributed by atoms with van der Waals surface area (Å²) < 4.78 is 0. The predicted molar refractivity (Wildman–Crippen MR) is 41.9 cm³/mol. The van der Waals surface area contributed by atoms with Gasteiger partial charge in [-0.1, -0.05) is 17.7 Å². The molecule has 0 heterocycles. The van der Waals surface area contributed by atoms with Gasteiger partial charge in [-0.2, -0.15) is 0 Å². The van der Waals surface area contributed by atoms with Crippen molar-refractivity contribution < 1.29 is 4.79 Å². The molecule has 0 amide bonds. The lowest BCUT2D eigenvalue weighted by Gasteiger charge is -1.91. The van der Waals surface area contributed by atoms with Crippen LogP contribution in [0.1, 0.15) is 19.8 Å². The van der Waals surface area contributed by atoms with Gasteiger partial charge in [-0.05, 0) is 25.3 Å². The summed E-state index contributed by atoms with van der Waals surface area (Å²) in [5.74, 6) is 0. The first-order valence-corrected chi connectivity index (χ1v) is 3.66. The number of carbonyl (C=O) groups excluding carboxylic acids is 1. The van der Waals surface area contributed by atoms with Gasteiger partial charge in [-0.25, -0.2) is 0 Å². The molecule has 0 bridgehead atoms. The Kier molecular flexibility index (Phi) is 2.28. The Morgan fingerprint density at radius 3 is 2.50 bits per heavy atom. The first-order chi connectivity index (χ1) is 4.79. The molecule has 0 aromatic heterocycles. The monoisotopic (exact) mass is 156 g/mol. The van der Waals surface area contributed by atoms with E-state index >= 15 is 0 Å². The zero-order valence-corrected chi connectivity index (χ0v) is 6.61. The number of rotatable bonds is 1. The van der Waals surface area contributed by atoms with Crippen molar-refractivity contribution in [1.82, 2.24) is 0 Å². The van der Waals surface area contributed by atoms with Crippen molar-refractivity contribution in [3.05, 3.63) is 22.3 Å². The summed E-state index contributed by atoms with van der Waals surface area (Å²) in [7, 11) is 0. The van der Waals surface area contributed by atoms with E-state index in [4.69, 9.17) is 11.6 Å². The molecular weight excluding hydrogens is 148 g/mol. The van der Waals surface area contributed by atoms with Gasteiger partial charge in [0.25, 0.3) is 0 Å². The molecule has 10 heavy (non-hydrogen) atoms. The lowest BCUT2D eigenvalue weighted by atomic mass is 10.2. The normalized spacial score (nSPS) is 22.4. The summed E-state index contributed by atoms with van der Waals surface area (Å²) in [5, 5.41) is 0.664. The highest BCUT2D eigenvalue weighted by molar-refractivity contribution is 6.34. The van der Waals surface area contributed by atoms with Crippen LogP contribution in [0.2, 0.25) is 0 Å². The Morgan fingerprint density at radius 1 is 1.50 bits per heavy atom. The van der Waals surface area contributed by atoms with Gasteiger partial charge in [0.15, 0.2) is 0 Å². The van der Waals surface area contributed by atoms with Crippen LogP contribution >= 0.6 is 11.6 Å². The van der Waals surface area contributed by atoms with Crippen LogP contribution in [-0.2, 0) is 4.79 Å². The van der Waals surface area contributed by atoms with E-state index in [1.807, 2.05) is 13.0 Å². The topological polar surface area (TPSA) is 17.1 Å². The van der Waals surface area contributed by atoms with Gasteiger partial charge in [0.05, 0.1) is 0 Å². The summed E-state index contributed by atoms with van der Waals surface area (Å²) in [6.45, 7) is 1.94. The van der Waals surface area contributed by atoms with Crippen LogP contribution in [0.4, 0.5) is 0 Å². The van der Waals surface area contributed by atoms with Crippen molar-refractivity contribution in [2.75, 3.05) is 0 Å². The summed E-state index contributed by atoms with van der Waals surface area (Å²) in [6, 6.07) is 0. The smallest absolute Gasteiger partial charge is 0.147 e. The predicted octanol–water partition coefficient (Wildman–Crippen LogP) is 2.42. The third kappa shape index (κ3) is 1.14. The Labute approximate surface area is 65.4 Å². The van der Waals surface area contributed by atoms with Crippen LogP contribution in [0.15, 0.2) is 22.3 Å². The molecule has 0 radical (unpaired) electrons. The molecule has 0 spiro atoms. The Balaban J connectivity index is 2.94. The minimum absolute atomic E-state index is 0.664. The van der Waals surface area contributed by atoms with E-state index in [9.17, 15) is 4.79 Å². The van der Waals surface area contributed by atoms with Gasteiger partial charge in [0.2, 0.25) is 0 Å². The minimum Gasteiger partial charge on any atom is -0.298 e. The highest BCUT2D eigenvalue weighted by Gasteiger charge is 2.15. The maximum Gasteiger partial charge on any atom is 0.147 e. The Bertz CT molecular complexity index is 213. The molecule has 1 aliphatic rings. The summed E-state index contributed by atoms with van der Waals surface area (Å²) in [6.07, 6.45) is 4.53. The van der Waals surface area contributed by atoms with Gasteiger partial charge in [-0.3, -0.25) is 4.79 Å². The number of hydrogen-bond acceptors (Lipinski definition) is 1. The largest absolute Gasteiger partial charge is 0.298 e. The van der Waals surface area contributed by atoms with Gasteiger partial charge in [-0.15, -0.1) is 0 Å². The van der Waals surface area contributed by atoms with E-state index in [-0.39, 0.29) is 0 Å². The van der Waals surface area contributed by atoms with Crippen molar-refractivity contribution in [2.24, 2.45) is 0 Å². The first-order valence-electron chi connectivity index (χ1n) is 3.29. The second kappa shape index (κ2) is 3.02. The van der Waals surface area contributed by atoms with E-state index in [1.165, 1.54) is 0 Å². The van der Waals surface area contributed by atoms with Crippen molar-refractivity contribution in [1.29, 1.82) is 0 Å². The van der Waals surface area contributed by atoms with Crippen LogP contribution in [-0.4, -0.2) is 6.29 Å². The third-order valence-electron chi connectivity index (χ3n) is 1.72. The SMILES string of the molecule is C/C=C1\CCC(C=O)=C1Cl. The van der Waals surface area contributed by atoms with Crippen LogP contribution in [0.25, 0.3) is 0 Å². The molecule has 0 aromatic rings. The second-order valence-electron chi connectivity index (χ2n) is 2.27. The van der Waals surface area contributed by atoms with Crippen LogP contribution < -0.4 is 0 Å². The number of halogens is 1. The van der Waals surface area contributed by atoms with Gasteiger partial charge in [0.1, 0.15) is 6.29 Å². The molecular formula is C8H9ClO. The highest BCUT2D eigenvalue weighted by Crippen LogP contribution is 2.32. The standard InChI is InChI=1S/C8H9ClO/c1-2-6-3-4-7(5-10)8(6)9/h2,5H,3-4H2,1H3/b6-2+. The maximum atomic E-state index is 10.3. The summed E-state index contributed by atoms with van der Waals surface area (Å²) >= 11 is 5.82. The minimum atomic E-state index is 0.664. The molecule has 2 heteroatoms. The molecule has 1 nitrogen and oxygen atoms in total. The Hall–Kier alpha value is -0.560. The zero-order chi connectivity index (χ0) is 7.56. The molecule has 0 saturated carbocycles. The molecule has 54 valence electrons. The highest BCUT2D eigenvalue weighted by atomic mass is 35.5. The van der Waals surface area contributed by atoms with Crippen LogP contribution in [0.5, 0.6) is 0 Å². The molecule has 0 N–H and O–H groups in total. The van der Waals surface area contributed by atoms with Crippen molar-refractivity contribution in [3.63, 3.8) is 0 Å². The van der Waals surface area contributed by atoms with Crippen LogP contribution in [0.3, 0.4) is 0 Å². The fourth-order valence-electron chi connectivity index (χ4n) is 1.08. The fraction of sp³-hybridized carbons (Fsp3) is 0.375. The molecule has 0 aliphatic heterocycles. The van der Waals surface area contributed by atoms with E-state index in [1.54, 1.807) is 0 Å². The molecule has 0 atom stereocenters. The number of aldehydes is 1. The average molecular weight is 157 g/mol. The second-order valence-corrected chi connectivity index (χ2v) is 2.65. The average Bonchev–Trinajstić information content (AvgIpc) is 2.30. The van der Waals surface area contributed by atoms with Gasteiger partial charge < -0.3 is 0 Å². The first kappa shape index (κ1) is 7.55. The maximum absolute atomic E-state index is 10.3. The summed E-state index contributed by atoms with van der Waals surface area (Å²) in [5.41, 5.74) is 1.85. The van der Waals surface area contributed by atoms with E-state index in [0.717, 1.165) is 30.3 Å². The molecule has 0 unspecified atom stereocenters. The van der Waals surface area contributed by atoms with Gasteiger partial charge in [0, 0.05) is 10.6 Å². The fourth-order valence-corrected chi connectivity index (χ4v) is 1.42. The third-order valence-corrected chi connectivity index (χ3v) is 2.20. The van der Waals surface area contributed by atoms with E-state index in [0.29, 0.717) is 5.03 Å². The molecule has 0 aromatic carbocycles. The van der Waals surface area contributed by atoms with Crippen molar-refractivity contribution in [2.45, 2.75) is 19.8 Å². The number of allylic oxidation sites excluding steroid dienone is 4. The number of hydrogen-bond donors (Lipinski definition) is 0. The van der Waals surface area contributed by atoms with E-state index < -0.39 is 0 Å². The van der Waals surface area contributed by atoms with Crippen molar-refractivity contribution >= 4 is 17.9 Å². The Morgan fingerprint density at radius 2 is 2.20 bits per heavy atom. The van der Waals surface area contributed by atoms with E-state index in [2.05, 4.69) is 0 Å². The van der Waals surface area contributed by atoms with Gasteiger partial charge >= 0.3 is 0 Å². The molecule has 1 aliphatic carbocycles. The van der Waals surface area contributed by atoms with Crippen LogP contribution in [0, 0.1) is 0 Å². The zero-order valence-electron chi connectivity index (χ0n) is 5.86. The summed E-state index contributed by atoms with van der Waals surface area (Å²) in [4.78, 5) is 10.3. The van der Waals surface area contributed by atoms with Crippen molar-refractivity contribution in [3.8, 4) is 0 Å². The lowest BCUT2D eigenvalue weighted by Crippen LogP contribution is -1.77. The lowest BCUT2D eigenvalue weighted by molar-refractivity contribution is -0.105.